The standard InChI is InChI=1S/C21H17F3N2O2/c22-13-4-6-19-15(9-13)16(21(28)26-7-1-2-14(26)11-27)10-20(25-19)12-3-5-17(23)18(24)8-12/h3-6,8-10,14,27H,1-2,7,11H2/t14-/m1/s1. The molecule has 1 fully saturated rings. The number of fused-ring (bicyclic) bond motifs is 1. The van der Waals surface area contributed by atoms with Crippen molar-refractivity contribution in [3.63, 3.8) is 0 Å². The van der Waals surface area contributed by atoms with Gasteiger partial charge in [0.2, 0.25) is 0 Å². The highest BCUT2D eigenvalue weighted by Crippen LogP contribution is 2.29. The molecule has 0 bridgehead atoms. The summed E-state index contributed by atoms with van der Waals surface area (Å²) in [5.41, 5.74) is 1.16. The van der Waals surface area contributed by atoms with Crippen LogP contribution in [0.25, 0.3) is 22.2 Å². The fourth-order valence-corrected chi connectivity index (χ4v) is 3.63. The van der Waals surface area contributed by atoms with E-state index in [-0.39, 0.29) is 29.8 Å². The second-order valence-electron chi connectivity index (χ2n) is 6.82. The summed E-state index contributed by atoms with van der Waals surface area (Å²) >= 11 is 0. The Hall–Kier alpha value is -2.93. The second kappa shape index (κ2) is 7.24. The molecule has 3 aromatic rings. The minimum Gasteiger partial charge on any atom is -0.394 e. The molecule has 144 valence electrons. The number of aliphatic hydroxyl groups is 1. The van der Waals surface area contributed by atoms with E-state index >= 15 is 0 Å². The molecule has 1 aliphatic rings. The van der Waals surface area contributed by atoms with Crippen LogP contribution in [-0.4, -0.2) is 40.1 Å². The number of aliphatic hydroxyl groups excluding tert-OH is 1. The monoisotopic (exact) mass is 386 g/mol. The van der Waals surface area contributed by atoms with E-state index < -0.39 is 17.5 Å². The van der Waals surface area contributed by atoms with Gasteiger partial charge >= 0.3 is 0 Å². The van der Waals surface area contributed by atoms with Crippen LogP contribution >= 0.6 is 0 Å². The zero-order chi connectivity index (χ0) is 19.8. The number of carbonyl (C=O) groups is 1. The van der Waals surface area contributed by atoms with Crippen molar-refractivity contribution < 1.29 is 23.1 Å². The lowest BCUT2D eigenvalue weighted by atomic mass is 10.0. The number of hydrogen-bond donors (Lipinski definition) is 1. The number of halogens is 3. The predicted octanol–water partition coefficient (Wildman–Crippen LogP) is 3.92. The van der Waals surface area contributed by atoms with Crippen LogP contribution in [0, 0.1) is 17.5 Å². The van der Waals surface area contributed by atoms with Crippen molar-refractivity contribution >= 4 is 16.8 Å². The lowest BCUT2D eigenvalue weighted by molar-refractivity contribution is 0.0679. The number of aromatic nitrogens is 1. The largest absolute Gasteiger partial charge is 0.394 e. The smallest absolute Gasteiger partial charge is 0.254 e. The molecule has 1 saturated heterocycles. The maximum atomic E-state index is 13.8. The van der Waals surface area contributed by atoms with Crippen LogP contribution in [0.2, 0.25) is 0 Å². The average Bonchev–Trinajstić information content (AvgIpc) is 3.17. The molecule has 1 aromatic heterocycles. The van der Waals surface area contributed by atoms with Crippen molar-refractivity contribution in [2.75, 3.05) is 13.2 Å². The molecule has 2 aromatic carbocycles. The molecule has 0 unspecified atom stereocenters. The maximum Gasteiger partial charge on any atom is 0.254 e. The van der Waals surface area contributed by atoms with Crippen molar-refractivity contribution in [3.05, 3.63) is 65.5 Å². The van der Waals surface area contributed by atoms with Gasteiger partial charge in [0.1, 0.15) is 5.82 Å². The fourth-order valence-electron chi connectivity index (χ4n) is 3.63. The molecule has 4 rings (SSSR count). The third kappa shape index (κ3) is 3.22. The third-order valence-corrected chi connectivity index (χ3v) is 5.07. The number of benzene rings is 2. The first kappa shape index (κ1) is 18.4. The van der Waals surface area contributed by atoms with Crippen LogP contribution in [-0.2, 0) is 0 Å². The third-order valence-electron chi connectivity index (χ3n) is 5.07. The van der Waals surface area contributed by atoms with Gasteiger partial charge < -0.3 is 10.0 Å². The molecule has 2 heterocycles. The molecule has 1 amide bonds. The number of nitrogens with zero attached hydrogens (tertiary/aromatic N) is 2. The van der Waals surface area contributed by atoms with E-state index in [4.69, 9.17) is 0 Å². The highest BCUT2D eigenvalue weighted by atomic mass is 19.2. The number of likely N-dealkylation sites (tertiary alicyclic amines) is 1. The lowest BCUT2D eigenvalue weighted by Gasteiger charge is -2.24. The molecular weight excluding hydrogens is 369 g/mol. The number of pyridine rings is 1. The first-order valence-corrected chi connectivity index (χ1v) is 8.95. The molecule has 1 aliphatic heterocycles. The van der Waals surface area contributed by atoms with Crippen molar-refractivity contribution in [3.8, 4) is 11.3 Å². The Morgan fingerprint density at radius 2 is 1.93 bits per heavy atom. The highest BCUT2D eigenvalue weighted by molar-refractivity contribution is 6.07. The zero-order valence-corrected chi connectivity index (χ0v) is 14.8. The molecule has 0 aliphatic carbocycles. The van der Waals surface area contributed by atoms with E-state index in [0.29, 0.717) is 29.4 Å². The summed E-state index contributed by atoms with van der Waals surface area (Å²) in [4.78, 5) is 19.1. The van der Waals surface area contributed by atoms with Gasteiger partial charge in [0.05, 0.1) is 29.4 Å². The van der Waals surface area contributed by atoms with Crippen LogP contribution in [0.15, 0.2) is 42.5 Å². The number of carbonyl (C=O) groups excluding carboxylic acids is 1. The molecular formula is C21H17F3N2O2. The van der Waals surface area contributed by atoms with E-state index in [2.05, 4.69) is 4.98 Å². The molecule has 1 atom stereocenters. The van der Waals surface area contributed by atoms with E-state index in [1.54, 1.807) is 4.90 Å². The fraction of sp³-hybridized carbons (Fsp3) is 0.238. The van der Waals surface area contributed by atoms with Crippen molar-refractivity contribution in [2.24, 2.45) is 0 Å². The molecule has 4 nitrogen and oxygen atoms in total. The summed E-state index contributed by atoms with van der Waals surface area (Å²) in [5.74, 6) is -2.86. The van der Waals surface area contributed by atoms with Crippen LogP contribution < -0.4 is 0 Å². The molecule has 0 spiro atoms. The van der Waals surface area contributed by atoms with Gasteiger partial charge in [-0.25, -0.2) is 18.2 Å². The normalized spacial score (nSPS) is 16.7. The summed E-state index contributed by atoms with van der Waals surface area (Å²) in [5, 5.41) is 9.87. The van der Waals surface area contributed by atoms with Gasteiger partial charge in [-0.15, -0.1) is 0 Å². The summed E-state index contributed by atoms with van der Waals surface area (Å²) in [6.45, 7) is 0.336. The molecule has 0 saturated carbocycles. The Labute approximate surface area is 159 Å². The number of amides is 1. The average molecular weight is 386 g/mol. The lowest BCUT2D eigenvalue weighted by Crippen LogP contribution is -2.37. The van der Waals surface area contributed by atoms with E-state index in [1.165, 1.54) is 30.3 Å². The van der Waals surface area contributed by atoms with Crippen LogP contribution in [0.4, 0.5) is 13.2 Å². The summed E-state index contributed by atoms with van der Waals surface area (Å²) < 4.78 is 40.8. The molecule has 7 heteroatoms. The Morgan fingerprint density at radius 1 is 1.11 bits per heavy atom. The van der Waals surface area contributed by atoms with Gasteiger partial charge in [0.25, 0.3) is 5.91 Å². The van der Waals surface area contributed by atoms with Crippen molar-refractivity contribution in [1.29, 1.82) is 0 Å². The van der Waals surface area contributed by atoms with Gasteiger partial charge in [-0.05, 0) is 55.3 Å². The van der Waals surface area contributed by atoms with Gasteiger partial charge in [0.15, 0.2) is 11.6 Å². The van der Waals surface area contributed by atoms with Crippen LogP contribution in [0.1, 0.15) is 23.2 Å². The Kier molecular flexibility index (Phi) is 4.77. The van der Waals surface area contributed by atoms with Crippen molar-refractivity contribution in [1.82, 2.24) is 9.88 Å². The van der Waals surface area contributed by atoms with Gasteiger partial charge in [-0.1, -0.05) is 0 Å². The Bertz CT molecular complexity index is 1070. The molecule has 1 N–H and O–H groups in total. The molecule has 0 radical (unpaired) electrons. The first-order chi connectivity index (χ1) is 13.5. The van der Waals surface area contributed by atoms with Crippen molar-refractivity contribution in [2.45, 2.75) is 18.9 Å². The van der Waals surface area contributed by atoms with E-state index in [9.17, 15) is 23.1 Å². The summed E-state index contributed by atoms with van der Waals surface area (Å²) in [7, 11) is 0. The predicted molar refractivity (Wildman–Crippen MR) is 98.2 cm³/mol. The minimum absolute atomic E-state index is 0.154. The minimum atomic E-state index is -1.02. The van der Waals surface area contributed by atoms with Gasteiger partial charge in [-0.2, -0.15) is 0 Å². The second-order valence-corrected chi connectivity index (χ2v) is 6.82. The molecule has 28 heavy (non-hydrogen) atoms. The van der Waals surface area contributed by atoms with Gasteiger partial charge in [0, 0.05) is 17.5 Å². The van der Waals surface area contributed by atoms with Crippen LogP contribution in [0.3, 0.4) is 0 Å². The quantitative estimate of drug-likeness (QED) is 0.743. The number of hydrogen-bond acceptors (Lipinski definition) is 3. The first-order valence-electron chi connectivity index (χ1n) is 8.95. The number of rotatable bonds is 3. The summed E-state index contributed by atoms with van der Waals surface area (Å²) in [6, 6.07) is 8.44. The zero-order valence-electron chi connectivity index (χ0n) is 14.8. The Morgan fingerprint density at radius 3 is 2.68 bits per heavy atom. The topological polar surface area (TPSA) is 53.4 Å². The SMILES string of the molecule is O=C(c1cc(-c2ccc(F)c(F)c2)nc2ccc(F)cc12)N1CCC[C@@H]1CO. The summed E-state index contributed by atoms with van der Waals surface area (Å²) in [6.07, 6.45) is 1.46. The maximum absolute atomic E-state index is 13.8. The van der Waals surface area contributed by atoms with E-state index in [1.807, 2.05) is 0 Å². The van der Waals surface area contributed by atoms with Gasteiger partial charge in [-0.3, -0.25) is 4.79 Å². The Balaban J connectivity index is 1.89. The highest BCUT2D eigenvalue weighted by Gasteiger charge is 2.30. The van der Waals surface area contributed by atoms with E-state index in [0.717, 1.165) is 18.6 Å². The van der Waals surface area contributed by atoms with Crippen LogP contribution in [0.5, 0.6) is 0 Å².